The van der Waals surface area contributed by atoms with E-state index in [1.807, 2.05) is 18.2 Å². The second-order valence-corrected chi connectivity index (χ2v) is 5.63. The van der Waals surface area contributed by atoms with Gasteiger partial charge in [-0.2, -0.15) is 0 Å². The lowest BCUT2D eigenvalue weighted by Gasteiger charge is -2.29. The van der Waals surface area contributed by atoms with E-state index in [0.29, 0.717) is 13.2 Å². The maximum Gasteiger partial charge on any atom is 0.203 e. The minimum Gasteiger partial charge on any atom is -1.00 e. The molecular weight excluding hydrogens is 369 g/mol. The summed E-state index contributed by atoms with van der Waals surface area (Å²) in [6.45, 7) is 5.55. The second-order valence-electron chi connectivity index (χ2n) is 5.63. The Kier molecular flexibility index (Phi) is 5.37. The zero-order chi connectivity index (χ0) is 13.1. The zero-order valence-electron chi connectivity index (χ0n) is 11.9. The van der Waals surface area contributed by atoms with Crippen molar-refractivity contribution < 1.29 is 42.7 Å². The quantitative estimate of drug-likeness (QED) is 0.491. The van der Waals surface area contributed by atoms with Gasteiger partial charge in [0.05, 0.1) is 20.1 Å². The Morgan fingerprint density at radius 1 is 1.15 bits per heavy atom. The van der Waals surface area contributed by atoms with Crippen LogP contribution >= 0.6 is 0 Å². The van der Waals surface area contributed by atoms with Gasteiger partial charge in [0.25, 0.3) is 0 Å². The van der Waals surface area contributed by atoms with Crippen LogP contribution in [0.3, 0.4) is 0 Å². The largest absolute Gasteiger partial charge is 1.00 e. The number of ether oxygens (including phenoxy) is 3. The number of hydrogen-bond acceptors (Lipinski definition) is 3. The highest BCUT2D eigenvalue weighted by molar-refractivity contribution is 5.51. The number of para-hydroxylation sites is 1. The fourth-order valence-corrected chi connectivity index (χ4v) is 2.86. The van der Waals surface area contributed by atoms with Crippen LogP contribution in [0.1, 0.15) is 12.8 Å². The van der Waals surface area contributed by atoms with E-state index in [4.69, 9.17) is 14.2 Å². The van der Waals surface area contributed by atoms with Gasteiger partial charge in [-0.15, -0.1) is 0 Å². The maximum absolute atomic E-state index is 5.91. The SMILES string of the molecule is C[N+]1(CCOc2cccc3c2OCCO3)CCCC1.[I-]. The Labute approximate surface area is 137 Å². The van der Waals surface area contributed by atoms with Crippen LogP contribution in [0.4, 0.5) is 0 Å². The van der Waals surface area contributed by atoms with Gasteiger partial charge in [0.1, 0.15) is 26.4 Å². The summed E-state index contributed by atoms with van der Waals surface area (Å²) in [5.74, 6) is 2.37. The zero-order valence-corrected chi connectivity index (χ0v) is 14.1. The summed E-state index contributed by atoms with van der Waals surface area (Å²) in [5, 5.41) is 0. The van der Waals surface area contributed by atoms with Crippen molar-refractivity contribution >= 4 is 0 Å². The highest BCUT2D eigenvalue weighted by atomic mass is 127. The van der Waals surface area contributed by atoms with E-state index in [2.05, 4.69) is 7.05 Å². The van der Waals surface area contributed by atoms with Crippen molar-refractivity contribution in [3.05, 3.63) is 18.2 Å². The summed E-state index contributed by atoms with van der Waals surface area (Å²) in [4.78, 5) is 0. The van der Waals surface area contributed by atoms with Crippen molar-refractivity contribution in [3.8, 4) is 17.2 Å². The van der Waals surface area contributed by atoms with Gasteiger partial charge in [-0.1, -0.05) is 6.07 Å². The van der Waals surface area contributed by atoms with E-state index in [-0.39, 0.29) is 24.0 Å². The Bertz CT molecular complexity index is 447. The molecule has 0 spiro atoms. The van der Waals surface area contributed by atoms with Crippen molar-refractivity contribution in [3.63, 3.8) is 0 Å². The lowest BCUT2D eigenvalue weighted by molar-refractivity contribution is -0.897. The van der Waals surface area contributed by atoms with Crippen molar-refractivity contribution in [2.45, 2.75) is 12.8 Å². The van der Waals surface area contributed by atoms with Crippen LogP contribution in [0, 0.1) is 0 Å². The predicted molar refractivity (Wildman–Crippen MR) is 72.9 cm³/mol. The molecule has 0 saturated carbocycles. The Balaban J connectivity index is 0.00000147. The number of hydrogen-bond donors (Lipinski definition) is 0. The molecule has 0 aliphatic carbocycles. The Hall–Kier alpha value is -0.690. The van der Waals surface area contributed by atoms with Gasteiger partial charge < -0.3 is 42.7 Å². The molecule has 0 aromatic heterocycles. The molecule has 0 radical (unpaired) electrons. The lowest BCUT2D eigenvalue weighted by atomic mass is 10.3. The summed E-state index contributed by atoms with van der Waals surface area (Å²) in [5.41, 5.74) is 0. The molecule has 0 atom stereocenters. The molecule has 2 aliphatic heterocycles. The molecule has 1 fully saturated rings. The standard InChI is InChI=1S/C15H22NO3.HI/c1-16(7-2-3-8-16)9-10-17-13-5-4-6-14-15(13)19-12-11-18-14;/h4-6H,2-3,7-12H2,1H3;1H/q+1;/p-1. The summed E-state index contributed by atoms with van der Waals surface area (Å²) in [7, 11) is 2.32. The van der Waals surface area contributed by atoms with Gasteiger partial charge in [0.2, 0.25) is 5.75 Å². The fraction of sp³-hybridized carbons (Fsp3) is 0.600. The third-order valence-electron chi connectivity index (χ3n) is 4.06. The van der Waals surface area contributed by atoms with E-state index in [1.54, 1.807) is 0 Å². The molecule has 2 heterocycles. The van der Waals surface area contributed by atoms with Crippen molar-refractivity contribution in [1.29, 1.82) is 0 Å². The van der Waals surface area contributed by atoms with Gasteiger partial charge in [0, 0.05) is 12.8 Å². The minimum absolute atomic E-state index is 0. The normalized spacial score (nSPS) is 19.2. The molecular formula is C15H22INO3. The molecule has 3 rings (SSSR count). The number of benzene rings is 1. The first kappa shape index (κ1) is 15.7. The first-order valence-corrected chi connectivity index (χ1v) is 7.12. The molecule has 1 saturated heterocycles. The molecule has 0 amide bonds. The van der Waals surface area contributed by atoms with Crippen LogP contribution in [-0.4, -0.2) is 51.0 Å². The number of nitrogens with zero attached hydrogens (tertiary/aromatic N) is 1. The summed E-state index contributed by atoms with van der Waals surface area (Å²) in [6, 6.07) is 5.84. The Morgan fingerprint density at radius 2 is 1.90 bits per heavy atom. The van der Waals surface area contributed by atoms with Crippen LogP contribution < -0.4 is 38.2 Å². The number of fused-ring (bicyclic) bond motifs is 1. The highest BCUT2D eigenvalue weighted by Gasteiger charge is 2.26. The summed E-state index contributed by atoms with van der Waals surface area (Å²) >= 11 is 0. The topological polar surface area (TPSA) is 27.7 Å². The van der Waals surface area contributed by atoms with Crippen LogP contribution in [0.25, 0.3) is 0 Å². The second kappa shape index (κ2) is 6.85. The average molecular weight is 391 g/mol. The van der Waals surface area contributed by atoms with E-state index in [9.17, 15) is 0 Å². The van der Waals surface area contributed by atoms with Crippen LogP contribution in [0.2, 0.25) is 0 Å². The third kappa shape index (κ3) is 3.49. The van der Waals surface area contributed by atoms with E-state index in [1.165, 1.54) is 25.9 Å². The van der Waals surface area contributed by atoms with Crippen molar-refractivity contribution in [1.82, 2.24) is 0 Å². The molecule has 20 heavy (non-hydrogen) atoms. The van der Waals surface area contributed by atoms with E-state index in [0.717, 1.165) is 34.9 Å². The van der Waals surface area contributed by atoms with E-state index >= 15 is 0 Å². The van der Waals surface area contributed by atoms with Gasteiger partial charge in [-0.25, -0.2) is 0 Å². The first-order chi connectivity index (χ1) is 9.27. The minimum atomic E-state index is 0. The molecule has 5 heteroatoms. The number of rotatable bonds is 4. The molecule has 0 unspecified atom stereocenters. The van der Waals surface area contributed by atoms with Crippen LogP contribution in [0.15, 0.2) is 18.2 Å². The molecule has 1 aromatic carbocycles. The fourth-order valence-electron chi connectivity index (χ4n) is 2.86. The van der Waals surface area contributed by atoms with Gasteiger partial charge in [-0.3, -0.25) is 0 Å². The molecule has 2 aliphatic rings. The number of likely N-dealkylation sites (tertiary alicyclic amines) is 1. The molecule has 0 bridgehead atoms. The highest BCUT2D eigenvalue weighted by Crippen LogP contribution is 2.38. The number of quaternary nitrogens is 1. The monoisotopic (exact) mass is 391 g/mol. The third-order valence-corrected chi connectivity index (χ3v) is 4.06. The number of likely N-dealkylation sites (N-methyl/N-ethyl adjacent to an activating group) is 1. The molecule has 0 N–H and O–H groups in total. The predicted octanol–water partition coefficient (Wildman–Crippen LogP) is -0.919. The number of halogens is 1. The van der Waals surface area contributed by atoms with Crippen molar-refractivity contribution in [2.24, 2.45) is 0 Å². The Morgan fingerprint density at radius 3 is 2.70 bits per heavy atom. The van der Waals surface area contributed by atoms with Gasteiger partial charge >= 0.3 is 0 Å². The molecule has 4 nitrogen and oxygen atoms in total. The van der Waals surface area contributed by atoms with Gasteiger partial charge in [-0.05, 0) is 12.1 Å². The van der Waals surface area contributed by atoms with Crippen molar-refractivity contribution in [2.75, 3.05) is 46.5 Å². The average Bonchev–Trinajstić information content (AvgIpc) is 2.86. The maximum atomic E-state index is 5.91. The molecule has 1 aromatic rings. The van der Waals surface area contributed by atoms with Gasteiger partial charge in [0.15, 0.2) is 11.5 Å². The smallest absolute Gasteiger partial charge is 0.203 e. The van der Waals surface area contributed by atoms with E-state index < -0.39 is 0 Å². The van der Waals surface area contributed by atoms with Crippen LogP contribution in [-0.2, 0) is 0 Å². The van der Waals surface area contributed by atoms with Crippen LogP contribution in [0.5, 0.6) is 17.2 Å². The first-order valence-electron chi connectivity index (χ1n) is 7.12. The summed E-state index contributed by atoms with van der Waals surface area (Å²) < 4.78 is 18.2. The lowest BCUT2D eigenvalue weighted by Crippen LogP contribution is -3.00. The summed E-state index contributed by atoms with van der Waals surface area (Å²) in [6.07, 6.45) is 2.68. The molecule has 112 valence electrons.